The van der Waals surface area contributed by atoms with Crippen LogP contribution in [0, 0.1) is 29.1 Å². The zero-order valence-electron chi connectivity index (χ0n) is 27.1. The molecular formula is C37H54O5. The summed E-state index contributed by atoms with van der Waals surface area (Å²) in [7, 11) is 0. The first-order valence-corrected chi connectivity index (χ1v) is 16.3. The Labute approximate surface area is 254 Å². The average molecular weight is 579 g/mol. The molecule has 232 valence electrons. The molecule has 0 amide bonds. The molecule has 4 aliphatic rings. The highest BCUT2D eigenvalue weighted by Gasteiger charge is 2.57. The van der Waals surface area contributed by atoms with Gasteiger partial charge in [0.05, 0.1) is 12.0 Å². The highest BCUT2D eigenvalue weighted by Crippen LogP contribution is 2.59. The first kappa shape index (κ1) is 32.4. The minimum absolute atomic E-state index is 0.0185. The van der Waals surface area contributed by atoms with Gasteiger partial charge in [0.2, 0.25) is 0 Å². The zero-order chi connectivity index (χ0) is 30.3. The fraction of sp³-hybridized carbons (Fsp3) is 0.649. The molecule has 0 N–H and O–H groups in total. The number of ether oxygens (including phenoxy) is 4. The monoisotopic (exact) mass is 578 g/mol. The minimum atomic E-state index is -0.336. The third kappa shape index (κ3) is 8.09. The van der Waals surface area contributed by atoms with E-state index in [2.05, 4.69) is 39.8 Å². The lowest BCUT2D eigenvalue weighted by atomic mass is 9.50. The van der Waals surface area contributed by atoms with Crippen LogP contribution in [0.4, 0.5) is 0 Å². The highest BCUT2D eigenvalue weighted by molar-refractivity contribution is 5.76. The van der Waals surface area contributed by atoms with E-state index in [1.54, 1.807) is 0 Å². The molecule has 2 aromatic carbocycles. The molecule has 2 atom stereocenters. The third-order valence-corrected chi connectivity index (χ3v) is 10.3. The van der Waals surface area contributed by atoms with Crippen LogP contribution in [0.25, 0.3) is 0 Å². The summed E-state index contributed by atoms with van der Waals surface area (Å²) >= 11 is 0. The van der Waals surface area contributed by atoms with Crippen LogP contribution in [0.15, 0.2) is 54.6 Å². The quantitative estimate of drug-likeness (QED) is 0.143. The zero-order valence-corrected chi connectivity index (χ0v) is 27.1. The number of para-hydroxylation sites is 1. The van der Waals surface area contributed by atoms with Crippen molar-refractivity contribution in [1.82, 2.24) is 0 Å². The normalized spacial score (nSPS) is 27.4. The van der Waals surface area contributed by atoms with Gasteiger partial charge in [0, 0.05) is 0 Å². The summed E-state index contributed by atoms with van der Waals surface area (Å²) in [6.07, 6.45) is 8.31. The van der Waals surface area contributed by atoms with Crippen molar-refractivity contribution in [2.45, 2.75) is 111 Å². The first-order chi connectivity index (χ1) is 20.0. The van der Waals surface area contributed by atoms with E-state index in [4.69, 9.17) is 18.9 Å². The summed E-state index contributed by atoms with van der Waals surface area (Å²) < 4.78 is 23.1. The molecule has 0 aromatic heterocycles. The van der Waals surface area contributed by atoms with Crippen molar-refractivity contribution < 1.29 is 23.7 Å². The molecule has 0 spiro atoms. The molecule has 42 heavy (non-hydrogen) atoms. The molecule has 5 nitrogen and oxygen atoms in total. The second-order valence-electron chi connectivity index (χ2n) is 13.7. The largest absolute Gasteiger partial charge is 0.491 e. The van der Waals surface area contributed by atoms with Gasteiger partial charge in [-0.1, -0.05) is 51.1 Å². The van der Waals surface area contributed by atoms with Crippen molar-refractivity contribution in [2.24, 2.45) is 29.1 Å². The van der Waals surface area contributed by atoms with Gasteiger partial charge in [0.15, 0.2) is 6.29 Å². The van der Waals surface area contributed by atoms with Gasteiger partial charge in [-0.3, -0.25) is 4.79 Å². The van der Waals surface area contributed by atoms with Crippen LogP contribution in [0.1, 0.15) is 105 Å². The van der Waals surface area contributed by atoms with Gasteiger partial charge in [0.1, 0.15) is 23.7 Å². The summed E-state index contributed by atoms with van der Waals surface area (Å²) in [5.41, 5.74) is 0.832. The molecule has 2 aromatic rings. The number of benzene rings is 2. The van der Waals surface area contributed by atoms with Crippen LogP contribution in [0.5, 0.6) is 11.5 Å². The predicted molar refractivity (Wildman–Crippen MR) is 169 cm³/mol. The molecule has 4 fully saturated rings. The molecule has 4 bridgehead atoms. The summed E-state index contributed by atoms with van der Waals surface area (Å²) in [6, 6.07) is 18.0. The maximum atomic E-state index is 12.5. The predicted octanol–water partition coefficient (Wildman–Crippen LogP) is 9.20. The molecule has 6 rings (SSSR count). The van der Waals surface area contributed by atoms with Crippen molar-refractivity contribution in [3.8, 4) is 11.5 Å². The van der Waals surface area contributed by atoms with Crippen molar-refractivity contribution >= 4 is 5.97 Å². The number of esters is 1. The van der Waals surface area contributed by atoms with E-state index in [0.717, 1.165) is 36.2 Å². The van der Waals surface area contributed by atoms with Crippen LogP contribution in [0.2, 0.25) is 0 Å². The maximum absolute atomic E-state index is 12.5. The lowest BCUT2D eigenvalue weighted by Crippen LogP contribution is -2.58. The number of carbonyl (C=O) groups is 1. The van der Waals surface area contributed by atoms with Crippen molar-refractivity contribution in [1.29, 1.82) is 0 Å². The number of rotatable bonds is 12. The van der Waals surface area contributed by atoms with Crippen LogP contribution >= 0.6 is 0 Å². The van der Waals surface area contributed by atoms with Crippen LogP contribution in [-0.4, -0.2) is 31.1 Å². The first-order valence-electron chi connectivity index (χ1n) is 16.3. The van der Waals surface area contributed by atoms with Gasteiger partial charge < -0.3 is 18.9 Å². The van der Waals surface area contributed by atoms with E-state index in [9.17, 15) is 4.79 Å². The fourth-order valence-corrected chi connectivity index (χ4v) is 7.00. The van der Waals surface area contributed by atoms with Gasteiger partial charge in [-0.15, -0.1) is 0 Å². The molecule has 4 aliphatic carbocycles. The standard InChI is InChI=1S/C20H26O3.C17H28O2/c1-4-16(2)18-10-12-20(13-11-18)23-17(3)21-14-15-22-19-8-6-5-7-9-19;1-5-16(2,3)15(18)19-17(4)13-7-11-6-12(9-13)10-14(17)8-11/h5-13,16-17H,4,14-15H2,1-3H3;11-14H,5-10H2,1-4H3. The average Bonchev–Trinajstić information content (AvgIpc) is 2.98. The maximum Gasteiger partial charge on any atom is 0.312 e. The van der Waals surface area contributed by atoms with E-state index >= 15 is 0 Å². The van der Waals surface area contributed by atoms with Gasteiger partial charge in [0.25, 0.3) is 0 Å². The topological polar surface area (TPSA) is 54.0 Å². The lowest BCUT2D eigenvalue weighted by Gasteiger charge is -2.59. The van der Waals surface area contributed by atoms with Gasteiger partial charge in [-0.2, -0.15) is 0 Å². The Balaban J connectivity index is 0.000000196. The second kappa shape index (κ2) is 14.3. The third-order valence-electron chi connectivity index (χ3n) is 10.3. The van der Waals surface area contributed by atoms with Crippen molar-refractivity contribution in [3.63, 3.8) is 0 Å². The molecule has 0 aliphatic heterocycles. The molecule has 2 unspecified atom stereocenters. The summed E-state index contributed by atoms with van der Waals surface area (Å²) in [6.45, 7) is 15.6. The molecule has 5 heteroatoms. The van der Waals surface area contributed by atoms with Gasteiger partial charge in [-0.05, 0) is 132 Å². The van der Waals surface area contributed by atoms with E-state index in [1.165, 1.54) is 37.7 Å². The SMILES string of the molecule is CCC(C)(C)C(=O)OC1(C)C2CC3CC(C2)CC1C3.CCC(C)c1ccc(OC(C)OCCOc2ccccc2)cc1. The van der Waals surface area contributed by atoms with Crippen molar-refractivity contribution in [2.75, 3.05) is 13.2 Å². The van der Waals surface area contributed by atoms with Crippen LogP contribution in [-0.2, 0) is 14.3 Å². The van der Waals surface area contributed by atoms with Gasteiger partial charge >= 0.3 is 5.97 Å². The molecule has 0 saturated heterocycles. The summed E-state index contributed by atoms with van der Waals surface area (Å²) in [5.74, 6) is 5.37. The Morgan fingerprint density at radius 1 is 0.857 bits per heavy atom. The Hall–Kier alpha value is -2.53. The van der Waals surface area contributed by atoms with Crippen LogP contribution in [0.3, 0.4) is 0 Å². The van der Waals surface area contributed by atoms with Gasteiger partial charge in [-0.25, -0.2) is 0 Å². The Bertz CT molecular complexity index is 1080. The number of hydrogen-bond donors (Lipinski definition) is 0. The van der Waals surface area contributed by atoms with E-state index in [0.29, 0.717) is 31.0 Å². The summed E-state index contributed by atoms with van der Waals surface area (Å²) in [5, 5.41) is 0. The summed E-state index contributed by atoms with van der Waals surface area (Å²) in [4.78, 5) is 12.5. The Morgan fingerprint density at radius 3 is 2.00 bits per heavy atom. The molecule has 0 radical (unpaired) electrons. The van der Waals surface area contributed by atoms with E-state index in [-0.39, 0.29) is 23.3 Å². The molecule has 0 heterocycles. The van der Waals surface area contributed by atoms with E-state index < -0.39 is 0 Å². The molecule has 4 saturated carbocycles. The smallest absolute Gasteiger partial charge is 0.312 e. The highest BCUT2D eigenvalue weighted by atomic mass is 16.7. The Morgan fingerprint density at radius 2 is 1.45 bits per heavy atom. The van der Waals surface area contributed by atoms with Crippen molar-refractivity contribution in [3.05, 3.63) is 60.2 Å². The fourth-order valence-electron chi connectivity index (χ4n) is 7.00. The second-order valence-corrected chi connectivity index (χ2v) is 13.7. The Kier molecular flexibility index (Phi) is 11.0. The minimum Gasteiger partial charge on any atom is -0.491 e. The lowest BCUT2D eigenvalue weighted by molar-refractivity contribution is -0.211. The molecular weight excluding hydrogens is 524 g/mol. The number of carbonyl (C=O) groups excluding carboxylic acids is 1. The number of hydrogen-bond acceptors (Lipinski definition) is 5. The van der Waals surface area contributed by atoms with Crippen LogP contribution < -0.4 is 9.47 Å². The van der Waals surface area contributed by atoms with E-state index in [1.807, 2.05) is 63.2 Å².